The molecule has 2 atom stereocenters. The molecule has 7 nitrogen and oxygen atoms in total. The minimum atomic E-state index is -1.37. The van der Waals surface area contributed by atoms with Crippen LogP contribution in [-0.4, -0.2) is 48.2 Å². The molecule has 1 aliphatic heterocycles. The summed E-state index contributed by atoms with van der Waals surface area (Å²) in [6, 6.07) is 0. The molecular formula is C13H20NO6-. The first-order valence-corrected chi connectivity index (χ1v) is 6.51. The largest absolute Gasteiger partial charge is 0.550 e. The van der Waals surface area contributed by atoms with E-state index in [-0.39, 0.29) is 19.7 Å². The molecule has 1 saturated heterocycles. The van der Waals surface area contributed by atoms with Crippen molar-refractivity contribution in [2.45, 2.75) is 33.3 Å². The first kappa shape index (κ1) is 16.3. The van der Waals surface area contributed by atoms with Crippen LogP contribution in [0.15, 0.2) is 0 Å². The molecular weight excluding hydrogens is 266 g/mol. The molecule has 114 valence electrons. The van der Waals surface area contributed by atoms with E-state index >= 15 is 0 Å². The quantitative estimate of drug-likeness (QED) is 0.666. The maximum atomic E-state index is 11.9. The molecule has 0 bridgehead atoms. The predicted molar refractivity (Wildman–Crippen MR) is 66.4 cm³/mol. The fraction of sp³-hybridized carbons (Fsp3) is 0.769. The van der Waals surface area contributed by atoms with Crippen molar-refractivity contribution < 1.29 is 29.0 Å². The number of aliphatic carboxylic acids is 1. The number of hydrogen-bond donors (Lipinski definition) is 0. The van der Waals surface area contributed by atoms with Crippen LogP contribution in [-0.2, 0) is 19.1 Å². The van der Waals surface area contributed by atoms with Crippen LogP contribution in [0.25, 0.3) is 0 Å². The van der Waals surface area contributed by atoms with Crippen LogP contribution >= 0.6 is 0 Å². The first-order chi connectivity index (χ1) is 9.15. The van der Waals surface area contributed by atoms with Crippen LogP contribution in [0.5, 0.6) is 0 Å². The summed E-state index contributed by atoms with van der Waals surface area (Å²) in [6.45, 7) is 6.77. The van der Waals surface area contributed by atoms with Crippen LogP contribution in [0.2, 0.25) is 0 Å². The summed E-state index contributed by atoms with van der Waals surface area (Å²) in [7, 11) is 0. The Morgan fingerprint density at radius 2 is 1.75 bits per heavy atom. The highest BCUT2D eigenvalue weighted by Gasteiger charge is 2.42. The number of amides is 1. The Morgan fingerprint density at radius 3 is 2.20 bits per heavy atom. The molecule has 1 rings (SSSR count). The van der Waals surface area contributed by atoms with E-state index in [0.29, 0.717) is 0 Å². The Balaban J connectivity index is 2.77. The Hall–Kier alpha value is -1.79. The summed E-state index contributed by atoms with van der Waals surface area (Å²) in [5.74, 6) is -3.98. The number of carboxylic acids is 1. The van der Waals surface area contributed by atoms with E-state index in [1.165, 1.54) is 4.90 Å². The van der Waals surface area contributed by atoms with Crippen molar-refractivity contribution in [3.8, 4) is 0 Å². The van der Waals surface area contributed by atoms with Crippen LogP contribution in [0.4, 0.5) is 4.79 Å². The molecule has 0 N–H and O–H groups in total. The van der Waals surface area contributed by atoms with E-state index in [2.05, 4.69) is 0 Å². The lowest BCUT2D eigenvalue weighted by atomic mass is 9.96. The topological polar surface area (TPSA) is 96.0 Å². The van der Waals surface area contributed by atoms with Gasteiger partial charge in [0.2, 0.25) is 0 Å². The van der Waals surface area contributed by atoms with Crippen molar-refractivity contribution in [3.63, 3.8) is 0 Å². The molecule has 7 heteroatoms. The third kappa shape index (κ3) is 4.11. The zero-order chi connectivity index (χ0) is 15.5. The number of esters is 1. The average molecular weight is 286 g/mol. The Kier molecular flexibility index (Phi) is 4.97. The normalized spacial score (nSPS) is 22.5. The average Bonchev–Trinajstić information content (AvgIpc) is 2.71. The monoisotopic (exact) mass is 286 g/mol. The van der Waals surface area contributed by atoms with Gasteiger partial charge in [0.25, 0.3) is 0 Å². The van der Waals surface area contributed by atoms with Gasteiger partial charge >= 0.3 is 12.1 Å². The third-order valence-electron chi connectivity index (χ3n) is 2.86. The van der Waals surface area contributed by atoms with E-state index in [0.717, 1.165) is 0 Å². The van der Waals surface area contributed by atoms with Crippen molar-refractivity contribution in [1.82, 2.24) is 4.90 Å². The summed E-state index contributed by atoms with van der Waals surface area (Å²) in [4.78, 5) is 35.9. The Bertz CT molecular complexity index is 400. The smallest absolute Gasteiger partial charge is 0.410 e. The molecule has 0 aromatic heterocycles. The number of carboxylic acid groups (broad SMARTS) is 1. The van der Waals surface area contributed by atoms with Gasteiger partial charge in [0.05, 0.1) is 12.5 Å². The van der Waals surface area contributed by atoms with Gasteiger partial charge in [0, 0.05) is 25.0 Å². The van der Waals surface area contributed by atoms with Gasteiger partial charge in [-0.2, -0.15) is 0 Å². The molecule has 1 amide bonds. The number of likely N-dealkylation sites (tertiary alicyclic amines) is 1. The highest BCUT2D eigenvalue weighted by Crippen LogP contribution is 2.26. The molecule has 0 spiro atoms. The molecule has 1 fully saturated rings. The van der Waals surface area contributed by atoms with Crippen LogP contribution < -0.4 is 5.11 Å². The molecule has 20 heavy (non-hydrogen) atoms. The third-order valence-corrected chi connectivity index (χ3v) is 2.86. The SMILES string of the molecule is CCOC(=O)[C@@H]1CN(C(=O)OC(C)(C)C)C[C@H]1C(=O)[O-]. The first-order valence-electron chi connectivity index (χ1n) is 6.51. The number of nitrogens with zero attached hydrogens (tertiary/aromatic N) is 1. The predicted octanol–water partition coefficient (Wildman–Crippen LogP) is -0.217. The fourth-order valence-electron chi connectivity index (χ4n) is 2.01. The zero-order valence-electron chi connectivity index (χ0n) is 12.2. The van der Waals surface area contributed by atoms with Crippen LogP contribution in [0.3, 0.4) is 0 Å². The lowest BCUT2D eigenvalue weighted by molar-refractivity contribution is -0.312. The number of rotatable bonds is 3. The van der Waals surface area contributed by atoms with Crippen LogP contribution in [0.1, 0.15) is 27.7 Å². The lowest BCUT2D eigenvalue weighted by Crippen LogP contribution is -2.39. The standard InChI is InChI=1S/C13H21NO6/c1-5-19-11(17)9-7-14(6-8(9)10(15)16)12(18)20-13(2,3)4/h8-9H,5-7H2,1-4H3,(H,15,16)/p-1/t8-,9-/m1/s1. The number of carbonyl (C=O) groups is 3. The van der Waals surface area contributed by atoms with Crippen LogP contribution in [0, 0.1) is 11.8 Å². The highest BCUT2D eigenvalue weighted by atomic mass is 16.6. The van der Waals surface area contributed by atoms with E-state index in [1.54, 1.807) is 27.7 Å². The Labute approximate surface area is 117 Å². The van der Waals surface area contributed by atoms with Crippen molar-refractivity contribution in [2.75, 3.05) is 19.7 Å². The highest BCUT2D eigenvalue weighted by molar-refractivity contribution is 5.83. The van der Waals surface area contributed by atoms with Gasteiger partial charge in [-0.15, -0.1) is 0 Å². The minimum Gasteiger partial charge on any atom is -0.550 e. The zero-order valence-corrected chi connectivity index (χ0v) is 12.2. The Morgan fingerprint density at radius 1 is 1.20 bits per heavy atom. The summed E-state index contributed by atoms with van der Waals surface area (Å²) in [5.41, 5.74) is -0.684. The molecule has 0 unspecified atom stereocenters. The van der Waals surface area contributed by atoms with Gasteiger partial charge in [-0.05, 0) is 27.7 Å². The fourth-order valence-corrected chi connectivity index (χ4v) is 2.01. The van der Waals surface area contributed by atoms with E-state index in [4.69, 9.17) is 9.47 Å². The van der Waals surface area contributed by atoms with Gasteiger partial charge in [-0.25, -0.2) is 4.79 Å². The van der Waals surface area contributed by atoms with Crippen molar-refractivity contribution >= 4 is 18.0 Å². The molecule has 0 aromatic rings. The van der Waals surface area contributed by atoms with Gasteiger partial charge < -0.3 is 24.3 Å². The van der Waals surface area contributed by atoms with Gasteiger partial charge in [-0.3, -0.25) is 4.79 Å². The van der Waals surface area contributed by atoms with Gasteiger partial charge in [-0.1, -0.05) is 0 Å². The summed E-state index contributed by atoms with van der Waals surface area (Å²) < 4.78 is 9.99. The molecule has 0 aromatic carbocycles. The molecule has 0 aliphatic carbocycles. The second kappa shape index (κ2) is 6.11. The minimum absolute atomic E-state index is 0.0353. The van der Waals surface area contributed by atoms with E-state index in [9.17, 15) is 19.5 Å². The second-order valence-corrected chi connectivity index (χ2v) is 5.67. The number of carbonyl (C=O) groups excluding carboxylic acids is 3. The lowest BCUT2D eigenvalue weighted by Gasteiger charge is -2.24. The summed E-state index contributed by atoms with van der Waals surface area (Å²) in [6.07, 6.45) is -0.643. The van der Waals surface area contributed by atoms with Crippen molar-refractivity contribution in [2.24, 2.45) is 11.8 Å². The maximum absolute atomic E-state index is 11.9. The second-order valence-electron chi connectivity index (χ2n) is 5.67. The molecule has 1 heterocycles. The summed E-state index contributed by atoms with van der Waals surface area (Å²) >= 11 is 0. The van der Waals surface area contributed by atoms with E-state index < -0.39 is 35.5 Å². The van der Waals surface area contributed by atoms with Gasteiger partial charge in [0.1, 0.15) is 5.60 Å². The van der Waals surface area contributed by atoms with Crippen molar-refractivity contribution in [3.05, 3.63) is 0 Å². The number of ether oxygens (including phenoxy) is 2. The molecule has 0 saturated carbocycles. The molecule has 0 radical (unpaired) electrons. The van der Waals surface area contributed by atoms with Gasteiger partial charge in [0.15, 0.2) is 0 Å². The molecule has 1 aliphatic rings. The summed E-state index contributed by atoms with van der Waals surface area (Å²) in [5, 5.41) is 11.1. The number of hydrogen-bond acceptors (Lipinski definition) is 6. The maximum Gasteiger partial charge on any atom is 0.410 e. The van der Waals surface area contributed by atoms with E-state index in [1.807, 2.05) is 0 Å². The van der Waals surface area contributed by atoms with Crippen molar-refractivity contribution in [1.29, 1.82) is 0 Å².